The van der Waals surface area contributed by atoms with E-state index < -0.39 is 10.0 Å². The summed E-state index contributed by atoms with van der Waals surface area (Å²) in [6.45, 7) is 6.35. The van der Waals surface area contributed by atoms with E-state index in [1.807, 2.05) is 0 Å². The van der Waals surface area contributed by atoms with Crippen LogP contribution in [0.2, 0.25) is 0 Å². The first-order valence-corrected chi connectivity index (χ1v) is 7.69. The average Bonchev–Trinajstić information content (AvgIpc) is 2.26. The Morgan fingerprint density at radius 2 is 1.79 bits per heavy atom. The number of aliphatic hydroxyl groups excluding tert-OH is 1. The summed E-state index contributed by atoms with van der Waals surface area (Å²) in [5.41, 5.74) is 0.794. The first-order valence-electron chi connectivity index (χ1n) is 6.15. The molecule has 0 aliphatic carbocycles. The van der Waals surface area contributed by atoms with Gasteiger partial charge in [-0.2, -0.15) is 0 Å². The highest BCUT2D eigenvalue weighted by Crippen LogP contribution is 2.25. The SMILES string of the molecule is CC(C)(C)C(CCO)Nc1ccc(S(N)(=O)=O)cc1. The number of aliphatic hydroxyl groups is 1. The van der Waals surface area contributed by atoms with Gasteiger partial charge in [0.15, 0.2) is 0 Å². The van der Waals surface area contributed by atoms with Crippen molar-refractivity contribution in [3.63, 3.8) is 0 Å². The molecule has 0 aliphatic rings. The summed E-state index contributed by atoms with van der Waals surface area (Å²) >= 11 is 0. The molecule has 6 heteroatoms. The van der Waals surface area contributed by atoms with Crippen molar-refractivity contribution in [2.75, 3.05) is 11.9 Å². The molecule has 0 heterocycles. The van der Waals surface area contributed by atoms with E-state index in [1.54, 1.807) is 12.1 Å². The van der Waals surface area contributed by atoms with Crippen molar-refractivity contribution in [1.82, 2.24) is 0 Å². The lowest BCUT2D eigenvalue weighted by atomic mass is 9.85. The van der Waals surface area contributed by atoms with Crippen LogP contribution in [0.3, 0.4) is 0 Å². The standard InChI is InChI=1S/C13H22N2O3S/c1-13(2,3)12(8-9-16)15-10-4-6-11(7-5-10)19(14,17)18/h4-7,12,15-16H,8-9H2,1-3H3,(H2,14,17,18). The van der Waals surface area contributed by atoms with Gasteiger partial charge in [0.1, 0.15) is 0 Å². The number of anilines is 1. The summed E-state index contributed by atoms with van der Waals surface area (Å²) in [4.78, 5) is 0.0903. The summed E-state index contributed by atoms with van der Waals surface area (Å²) in [5.74, 6) is 0. The van der Waals surface area contributed by atoms with E-state index in [2.05, 4.69) is 26.1 Å². The molecule has 1 unspecified atom stereocenters. The first kappa shape index (κ1) is 15.9. The number of rotatable bonds is 5. The Morgan fingerprint density at radius 1 is 1.26 bits per heavy atom. The molecule has 5 nitrogen and oxygen atoms in total. The van der Waals surface area contributed by atoms with E-state index >= 15 is 0 Å². The number of hydrogen-bond donors (Lipinski definition) is 3. The van der Waals surface area contributed by atoms with Crippen LogP contribution in [0.5, 0.6) is 0 Å². The van der Waals surface area contributed by atoms with Gasteiger partial charge in [0.25, 0.3) is 0 Å². The van der Waals surface area contributed by atoms with Crippen LogP contribution in [-0.2, 0) is 10.0 Å². The molecule has 108 valence electrons. The Balaban J connectivity index is 2.87. The average molecular weight is 286 g/mol. The first-order chi connectivity index (χ1) is 8.64. The van der Waals surface area contributed by atoms with Crippen LogP contribution < -0.4 is 10.5 Å². The predicted molar refractivity (Wildman–Crippen MR) is 76.4 cm³/mol. The van der Waals surface area contributed by atoms with Crippen LogP contribution in [0.4, 0.5) is 5.69 Å². The molecule has 19 heavy (non-hydrogen) atoms. The van der Waals surface area contributed by atoms with E-state index in [0.717, 1.165) is 5.69 Å². The molecule has 0 aliphatic heterocycles. The van der Waals surface area contributed by atoms with Crippen molar-refractivity contribution in [2.45, 2.75) is 38.1 Å². The molecule has 0 saturated heterocycles. The van der Waals surface area contributed by atoms with Crippen LogP contribution in [0.1, 0.15) is 27.2 Å². The molecule has 0 aromatic heterocycles. The molecule has 1 aromatic carbocycles. The predicted octanol–water partition coefficient (Wildman–Crippen LogP) is 1.54. The minimum Gasteiger partial charge on any atom is -0.396 e. The maximum atomic E-state index is 11.2. The lowest BCUT2D eigenvalue weighted by Crippen LogP contribution is -2.34. The Morgan fingerprint density at radius 3 is 2.16 bits per heavy atom. The summed E-state index contributed by atoms with van der Waals surface area (Å²) in [5, 5.41) is 17.4. The largest absolute Gasteiger partial charge is 0.396 e. The Hall–Kier alpha value is -1.11. The van der Waals surface area contributed by atoms with Gasteiger partial charge in [-0.15, -0.1) is 0 Å². The van der Waals surface area contributed by atoms with Crippen molar-refractivity contribution >= 4 is 15.7 Å². The van der Waals surface area contributed by atoms with Gasteiger partial charge in [0.05, 0.1) is 4.90 Å². The van der Waals surface area contributed by atoms with Crippen molar-refractivity contribution in [1.29, 1.82) is 0 Å². The monoisotopic (exact) mass is 286 g/mol. The second-order valence-corrected chi connectivity index (χ2v) is 7.21. The van der Waals surface area contributed by atoms with Gasteiger partial charge < -0.3 is 10.4 Å². The summed E-state index contributed by atoms with van der Waals surface area (Å²) < 4.78 is 22.3. The molecule has 1 atom stereocenters. The molecule has 0 spiro atoms. The fourth-order valence-corrected chi connectivity index (χ4v) is 2.31. The molecule has 0 saturated carbocycles. The number of nitrogens with one attached hydrogen (secondary N) is 1. The summed E-state index contributed by atoms with van der Waals surface area (Å²) in [7, 11) is -3.65. The lowest BCUT2D eigenvalue weighted by molar-refractivity contribution is 0.235. The van der Waals surface area contributed by atoms with Crippen molar-refractivity contribution in [2.24, 2.45) is 10.6 Å². The molecule has 4 N–H and O–H groups in total. The van der Waals surface area contributed by atoms with Crippen molar-refractivity contribution in [3.8, 4) is 0 Å². The highest BCUT2D eigenvalue weighted by Gasteiger charge is 2.23. The van der Waals surface area contributed by atoms with Crippen LogP contribution >= 0.6 is 0 Å². The van der Waals surface area contributed by atoms with E-state index in [4.69, 9.17) is 10.2 Å². The van der Waals surface area contributed by atoms with Gasteiger partial charge in [0, 0.05) is 18.3 Å². The maximum Gasteiger partial charge on any atom is 0.238 e. The molecule has 0 amide bonds. The Bertz CT molecular complexity index is 504. The number of benzene rings is 1. The zero-order valence-electron chi connectivity index (χ0n) is 11.6. The summed E-state index contributed by atoms with van der Waals surface area (Å²) in [6.07, 6.45) is 0.625. The number of primary sulfonamides is 1. The van der Waals surface area contributed by atoms with Crippen LogP contribution in [0, 0.1) is 5.41 Å². The molecule has 0 fully saturated rings. The lowest BCUT2D eigenvalue weighted by Gasteiger charge is -2.32. The van der Waals surface area contributed by atoms with E-state index in [9.17, 15) is 8.42 Å². The van der Waals surface area contributed by atoms with E-state index in [1.165, 1.54) is 12.1 Å². The highest BCUT2D eigenvalue weighted by atomic mass is 32.2. The molecule has 1 rings (SSSR count). The second kappa shape index (κ2) is 5.90. The highest BCUT2D eigenvalue weighted by molar-refractivity contribution is 7.89. The van der Waals surface area contributed by atoms with E-state index in [0.29, 0.717) is 6.42 Å². The van der Waals surface area contributed by atoms with Gasteiger partial charge in [-0.3, -0.25) is 0 Å². The molecule has 0 radical (unpaired) electrons. The fourth-order valence-electron chi connectivity index (χ4n) is 1.79. The minimum atomic E-state index is -3.65. The Kier molecular flexibility index (Phi) is 4.95. The number of nitrogens with two attached hydrogens (primary N) is 1. The van der Waals surface area contributed by atoms with E-state index in [-0.39, 0.29) is 23.0 Å². The summed E-state index contributed by atoms with van der Waals surface area (Å²) in [6, 6.07) is 6.39. The second-order valence-electron chi connectivity index (χ2n) is 5.64. The quantitative estimate of drug-likeness (QED) is 0.765. The Labute approximate surface area is 114 Å². The topological polar surface area (TPSA) is 92.4 Å². The van der Waals surface area contributed by atoms with Crippen molar-refractivity contribution < 1.29 is 13.5 Å². The van der Waals surface area contributed by atoms with Gasteiger partial charge in [-0.05, 0) is 36.1 Å². The van der Waals surface area contributed by atoms with Crippen LogP contribution in [0.25, 0.3) is 0 Å². The third kappa shape index (κ3) is 4.81. The molecule has 1 aromatic rings. The molecular formula is C13H22N2O3S. The van der Waals surface area contributed by atoms with Gasteiger partial charge in [-0.1, -0.05) is 20.8 Å². The van der Waals surface area contributed by atoms with Gasteiger partial charge in [0.2, 0.25) is 10.0 Å². The zero-order valence-corrected chi connectivity index (χ0v) is 12.4. The van der Waals surface area contributed by atoms with Crippen LogP contribution in [0.15, 0.2) is 29.2 Å². The van der Waals surface area contributed by atoms with Gasteiger partial charge >= 0.3 is 0 Å². The minimum absolute atomic E-state index is 0.0126. The maximum absolute atomic E-state index is 11.2. The number of sulfonamides is 1. The third-order valence-corrected chi connectivity index (χ3v) is 3.92. The fraction of sp³-hybridized carbons (Fsp3) is 0.538. The van der Waals surface area contributed by atoms with Gasteiger partial charge in [-0.25, -0.2) is 13.6 Å². The van der Waals surface area contributed by atoms with Crippen LogP contribution in [-0.4, -0.2) is 26.2 Å². The zero-order chi connectivity index (χ0) is 14.7. The normalized spacial score (nSPS) is 14.2. The van der Waals surface area contributed by atoms with Crippen molar-refractivity contribution in [3.05, 3.63) is 24.3 Å². The molecule has 0 bridgehead atoms. The molecular weight excluding hydrogens is 264 g/mol. The number of hydrogen-bond acceptors (Lipinski definition) is 4. The smallest absolute Gasteiger partial charge is 0.238 e. The third-order valence-electron chi connectivity index (χ3n) is 2.99.